The molecule has 1 aromatic carbocycles. The number of hydrogen-bond acceptors (Lipinski definition) is 5. The number of thiophene rings is 1. The molecule has 0 atom stereocenters. The van der Waals surface area contributed by atoms with Crippen molar-refractivity contribution in [2.24, 2.45) is 0 Å². The van der Waals surface area contributed by atoms with Crippen molar-refractivity contribution in [1.29, 1.82) is 0 Å². The Labute approximate surface area is 165 Å². The fraction of sp³-hybridized carbons (Fsp3) is 0.238. The Morgan fingerprint density at radius 3 is 2.89 bits per heavy atom. The van der Waals surface area contributed by atoms with E-state index in [-0.39, 0.29) is 11.5 Å². The van der Waals surface area contributed by atoms with Gasteiger partial charge in [-0.15, -0.1) is 11.3 Å². The van der Waals surface area contributed by atoms with Crippen molar-refractivity contribution in [3.63, 3.8) is 0 Å². The van der Waals surface area contributed by atoms with Gasteiger partial charge in [0.2, 0.25) is 5.91 Å². The SMILES string of the molecule is Cc1nn(CCCC(=O)NCc2cccnc2)c(=O)c2c1sc1ccccc12. The molecule has 0 fully saturated rings. The minimum Gasteiger partial charge on any atom is -0.352 e. The Morgan fingerprint density at radius 1 is 1.21 bits per heavy atom. The van der Waals surface area contributed by atoms with Gasteiger partial charge in [0, 0.05) is 42.0 Å². The van der Waals surface area contributed by atoms with E-state index in [1.165, 1.54) is 4.68 Å². The first-order valence-electron chi connectivity index (χ1n) is 9.18. The molecule has 0 spiro atoms. The summed E-state index contributed by atoms with van der Waals surface area (Å²) in [5.41, 5.74) is 1.71. The van der Waals surface area contributed by atoms with Crippen LogP contribution in [0.15, 0.2) is 53.6 Å². The monoisotopic (exact) mass is 392 g/mol. The van der Waals surface area contributed by atoms with Crippen LogP contribution < -0.4 is 10.9 Å². The first-order chi connectivity index (χ1) is 13.6. The Morgan fingerprint density at radius 2 is 2.07 bits per heavy atom. The number of hydrogen-bond donors (Lipinski definition) is 1. The molecule has 1 N–H and O–H groups in total. The molecule has 0 unspecified atom stereocenters. The van der Waals surface area contributed by atoms with Crippen molar-refractivity contribution in [3.05, 3.63) is 70.4 Å². The highest BCUT2D eigenvalue weighted by Gasteiger charge is 2.14. The Kier molecular flexibility index (Phi) is 5.16. The summed E-state index contributed by atoms with van der Waals surface area (Å²) in [6, 6.07) is 11.7. The summed E-state index contributed by atoms with van der Waals surface area (Å²) < 4.78 is 3.52. The summed E-state index contributed by atoms with van der Waals surface area (Å²) in [5, 5.41) is 9.04. The number of carbonyl (C=O) groups excluding carboxylic acids is 1. The second-order valence-corrected chi connectivity index (χ2v) is 7.71. The number of benzene rings is 1. The average molecular weight is 392 g/mol. The van der Waals surface area contributed by atoms with E-state index in [1.54, 1.807) is 23.7 Å². The van der Waals surface area contributed by atoms with Crippen LogP contribution in [0, 0.1) is 6.92 Å². The van der Waals surface area contributed by atoms with Crippen molar-refractivity contribution in [3.8, 4) is 0 Å². The van der Waals surface area contributed by atoms with Gasteiger partial charge in [-0.05, 0) is 31.0 Å². The van der Waals surface area contributed by atoms with Gasteiger partial charge in [0.1, 0.15) is 0 Å². The molecule has 1 amide bonds. The zero-order chi connectivity index (χ0) is 19.5. The number of fused-ring (bicyclic) bond motifs is 3. The molecule has 28 heavy (non-hydrogen) atoms. The minimum atomic E-state index is -0.0891. The Bertz CT molecular complexity index is 1200. The number of aryl methyl sites for hydroxylation is 2. The minimum absolute atomic E-state index is 0.0457. The zero-order valence-electron chi connectivity index (χ0n) is 15.5. The second kappa shape index (κ2) is 7.90. The first-order valence-corrected chi connectivity index (χ1v) is 9.99. The highest BCUT2D eigenvalue weighted by Crippen LogP contribution is 2.32. The van der Waals surface area contributed by atoms with E-state index in [0.717, 1.165) is 31.4 Å². The number of nitrogens with one attached hydrogen (secondary N) is 1. The molecule has 0 saturated heterocycles. The van der Waals surface area contributed by atoms with E-state index >= 15 is 0 Å². The van der Waals surface area contributed by atoms with Gasteiger partial charge in [-0.25, -0.2) is 4.68 Å². The summed E-state index contributed by atoms with van der Waals surface area (Å²) in [5.74, 6) is -0.0457. The molecule has 7 heteroatoms. The summed E-state index contributed by atoms with van der Waals surface area (Å²) in [7, 11) is 0. The van der Waals surface area contributed by atoms with E-state index in [0.29, 0.717) is 25.9 Å². The molecule has 6 nitrogen and oxygen atoms in total. The van der Waals surface area contributed by atoms with Crippen molar-refractivity contribution in [2.45, 2.75) is 32.9 Å². The van der Waals surface area contributed by atoms with Crippen LogP contribution in [0.25, 0.3) is 20.2 Å². The normalized spacial score (nSPS) is 11.2. The zero-order valence-corrected chi connectivity index (χ0v) is 16.3. The maximum absolute atomic E-state index is 12.9. The summed E-state index contributed by atoms with van der Waals surface area (Å²) in [6.07, 6.45) is 4.33. The fourth-order valence-electron chi connectivity index (χ4n) is 3.25. The van der Waals surface area contributed by atoms with E-state index in [4.69, 9.17) is 0 Å². The molecule has 4 rings (SSSR count). The second-order valence-electron chi connectivity index (χ2n) is 6.66. The molecule has 0 saturated carbocycles. The number of pyridine rings is 1. The predicted molar refractivity (Wildman–Crippen MR) is 111 cm³/mol. The Hall–Kier alpha value is -3.06. The maximum Gasteiger partial charge on any atom is 0.276 e. The standard InChI is InChI=1S/C21H20N4O2S/c1-14-20-19(16-7-2-3-8-17(16)28-20)21(27)25(24-14)11-5-9-18(26)23-13-15-6-4-10-22-12-15/h2-4,6-8,10,12H,5,9,11,13H2,1H3,(H,23,26). The molecular formula is C21H20N4O2S. The lowest BCUT2D eigenvalue weighted by atomic mass is 10.2. The molecule has 3 heterocycles. The smallest absolute Gasteiger partial charge is 0.276 e. The fourth-order valence-corrected chi connectivity index (χ4v) is 4.38. The summed E-state index contributed by atoms with van der Waals surface area (Å²) in [6.45, 7) is 2.80. The molecular weight excluding hydrogens is 372 g/mol. The third kappa shape index (κ3) is 3.66. The van der Waals surface area contributed by atoms with Crippen LogP contribution >= 0.6 is 11.3 Å². The highest BCUT2D eigenvalue weighted by atomic mass is 32.1. The topological polar surface area (TPSA) is 76.9 Å². The molecule has 142 valence electrons. The third-order valence-electron chi connectivity index (χ3n) is 4.63. The predicted octanol–water partition coefficient (Wildman–Crippen LogP) is 3.41. The lowest BCUT2D eigenvalue weighted by Crippen LogP contribution is -2.26. The third-order valence-corrected chi connectivity index (χ3v) is 5.91. The number of rotatable bonds is 6. The van der Waals surface area contributed by atoms with Gasteiger partial charge in [0.05, 0.1) is 15.8 Å². The van der Waals surface area contributed by atoms with Crippen molar-refractivity contribution in [2.75, 3.05) is 0 Å². The highest BCUT2D eigenvalue weighted by molar-refractivity contribution is 7.26. The average Bonchev–Trinajstić information content (AvgIpc) is 3.11. The lowest BCUT2D eigenvalue weighted by molar-refractivity contribution is -0.121. The Balaban J connectivity index is 1.45. The largest absolute Gasteiger partial charge is 0.352 e. The van der Waals surface area contributed by atoms with Gasteiger partial charge in [-0.2, -0.15) is 5.10 Å². The van der Waals surface area contributed by atoms with Gasteiger partial charge in [-0.1, -0.05) is 24.3 Å². The van der Waals surface area contributed by atoms with E-state index in [2.05, 4.69) is 15.4 Å². The summed E-state index contributed by atoms with van der Waals surface area (Å²) >= 11 is 1.60. The van der Waals surface area contributed by atoms with Gasteiger partial charge in [-0.3, -0.25) is 14.6 Å². The molecule has 0 aliphatic rings. The number of amides is 1. The molecule has 3 aromatic heterocycles. The van der Waals surface area contributed by atoms with Crippen LogP contribution in [0.2, 0.25) is 0 Å². The van der Waals surface area contributed by atoms with Crippen molar-refractivity contribution < 1.29 is 4.79 Å². The van der Waals surface area contributed by atoms with Crippen molar-refractivity contribution >= 4 is 37.4 Å². The van der Waals surface area contributed by atoms with Gasteiger partial charge in [0.25, 0.3) is 5.56 Å². The molecule has 0 aliphatic carbocycles. The van der Waals surface area contributed by atoms with Crippen LogP contribution in [0.3, 0.4) is 0 Å². The van der Waals surface area contributed by atoms with Gasteiger partial charge < -0.3 is 5.32 Å². The maximum atomic E-state index is 12.9. The van der Waals surface area contributed by atoms with Crippen molar-refractivity contribution in [1.82, 2.24) is 20.1 Å². The number of aromatic nitrogens is 3. The van der Waals surface area contributed by atoms with Crippen LogP contribution in [0.4, 0.5) is 0 Å². The lowest BCUT2D eigenvalue weighted by Gasteiger charge is -2.08. The van der Waals surface area contributed by atoms with Crippen LogP contribution in [0.5, 0.6) is 0 Å². The first kappa shape index (κ1) is 18.3. The van der Waals surface area contributed by atoms with E-state index in [1.807, 2.05) is 43.3 Å². The van der Waals surface area contributed by atoms with E-state index < -0.39 is 0 Å². The quantitative estimate of drug-likeness (QED) is 0.545. The van der Waals surface area contributed by atoms with Crippen LogP contribution in [-0.4, -0.2) is 20.7 Å². The molecule has 0 radical (unpaired) electrons. The van der Waals surface area contributed by atoms with Gasteiger partial charge >= 0.3 is 0 Å². The summed E-state index contributed by atoms with van der Waals surface area (Å²) in [4.78, 5) is 29.0. The number of nitrogens with zero attached hydrogens (tertiary/aromatic N) is 3. The van der Waals surface area contributed by atoms with Gasteiger partial charge in [0.15, 0.2) is 0 Å². The number of carbonyl (C=O) groups is 1. The van der Waals surface area contributed by atoms with Crippen LogP contribution in [0.1, 0.15) is 24.1 Å². The molecule has 0 bridgehead atoms. The van der Waals surface area contributed by atoms with E-state index in [9.17, 15) is 9.59 Å². The molecule has 4 aromatic rings. The van der Waals surface area contributed by atoms with Crippen LogP contribution in [-0.2, 0) is 17.9 Å². The molecule has 0 aliphatic heterocycles.